The molecule has 0 bridgehead atoms. The Balaban J connectivity index is 0.00000256. The molecule has 30 heavy (non-hydrogen) atoms. The molecule has 4 rings (SSSR count). The standard InChI is InChI=1S/C23H22N4O2.Pt/c1-23(2,19-15-21(28-3)26(24-19)17-11-7-5-8-12-17)20-16-22(29-4)27(25-20)18-13-9-6-10-14-18;/h5-11,13,15-16H,1-4H3;/q-2;+2. The zero-order valence-corrected chi connectivity index (χ0v) is 19.5. The molecule has 0 saturated carbocycles. The van der Waals surface area contributed by atoms with Crippen molar-refractivity contribution in [1.82, 2.24) is 19.6 Å². The van der Waals surface area contributed by atoms with Gasteiger partial charge in [0, 0.05) is 12.1 Å². The third-order valence-corrected chi connectivity index (χ3v) is 4.89. The summed E-state index contributed by atoms with van der Waals surface area (Å²) in [4.78, 5) is 0. The topological polar surface area (TPSA) is 54.1 Å². The van der Waals surface area contributed by atoms with Crippen LogP contribution in [0.25, 0.3) is 11.4 Å². The number of hydrogen-bond donors (Lipinski definition) is 0. The van der Waals surface area contributed by atoms with Gasteiger partial charge in [0.25, 0.3) is 0 Å². The predicted octanol–water partition coefficient (Wildman–Crippen LogP) is 4.00. The van der Waals surface area contributed by atoms with Gasteiger partial charge in [-0.25, -0.2) is 9.36 Å². The van der Waals surface area contributed by atoms with E-state index in [1.807, 2.05) is 60.7 Å². The molecule has 4 aromatic rings. The Bertz CT molecular complexity index is 1020. The van der Waals surface area contributed by atoms with Crippen LogP contribution >= 0.6 is 0 Å². The Labute approximate surface area is 190 Å². The average Bonchev–Trinajstić information content (AvgIpc) is 3.40. The largest absolute Gasteiger partial charge is 2.00 e. The van der Waals surface area contributed by atoms with Crippen LogP contribution in [0.15, 0.2) is 60.7 Å². The second-order valence-electron chi connectivity index (χ2n) is 7.09. The average molecular weight is 582 g/mol. The van der Waals surface area contributed by atoms with Crippen LogP contribution in [0.1, 0.15) is 25.2 Å². The van der Waals surface area contributed by atoms with E-state index in [1.54, 1.807) is 23.6 Å². The van der Waals surface area contributed by atoms with Crippen molar-refractivity contribution in [2.75, 3.05) is 14.2 Å². The summed E-state index contributed by atoms with van der Waals surface area (Å²) in [5.41, 5.74) is 2.80. The minimum absolute atomic E-state index is 0. The van der Waals surface area contributed by atoms with Gasteiger partial charge in [-0.1, -0.05) is 0 Å². The second-order valence-corrected chi connectivity index (χ2v) is 7.09. The van der Waals surface area contributed by atoms with E-state index < -0.39 is 5.41 Å². The number of ether oxygens (including phenoxy) is 2. The van der Waals surface area contributed by atoms with Crippen molar-refractivity contribution in [2.24, 2.45) is 0 Å². The summed E-state index contributed by atoms with van der Waals surface area (Å²) in [5.74, 6) is 1.27. The predicted molar refractivity (Wildman–Crippen MR) is 110 cm³/mol. The number of methoxy groups -OCH3 is 2. The maximum Gasteiger partial charge on any atom is 2.00 e. The van der Waals surface area contributed by atoms with Crippen LogP contribution in [-0.2, 0) is 26.5 Å². The summed E-state index contributed by atoms with van der Waals surface area (Å²) in [7, 11) is 3.27. The molecule has 0 saturated heterocycles. The van der Waals surface area contributed by atoms with Gasteiger partial charge in [0.1, 0.15) is 0 Å². The second kappa shape index (κ2) is 8.88. The minimum Gasteiger partial charge on any atom is -0.481 e. The van der Waals surface area contributed by atoms with Crippen LogP contribution in [-0.4, -0.2) is 33.8 Å². The summed E-state index contributed by atoms with van der Waals surface area (Å²) < 4.78 is 14.6. The van der Waals surface area contributed by atoms with E-state index in [0.29, 0.717) is 11.8 Å². The fraction of sp³-hybridized carbons (Fsp3) is 0.217. The van der Waals surface area contributed by atoms with Crippen LogP contribution < -0.4 is 9.47 Å². The molecule has 0 fully saturated rings. The van der Waals surface area contributed by atoms with E-state index in [2.05, 4.69) is 26.0 Å². The normalized spacial score (nSPS) is 11.1. The van der Waals surface area contributed by atoms with E-state index in [1.165, 1.54) is 0 Å². The molecule has 0 aliphatic carbocycles. The van der Waals surface area contributed by atoms with Crippen molar-refractivity contribution in [3.8, 4) is 23.1 Å². The number of hydrogen-bond acceptors (Lipinski definition) is 4. The van der Waals surface area contributed by atoms with Gasteiger partial charge in [0.2, 0.25) is 11.8 Å². The third-order valence-electron chi connectivity index (χ3n) is 4.89. The van der Waals surface area contributed by atoms with Crippen LogP contribution in [0.4, 0.5) is 0 Å². The Morgan fingerprint density at radius 2 is 1.20 bits per heavy atom. The Hall–Kier alpha value is -2.85. The molecule has 6 nitrogen and oxygen atoms in total. The monoisotopic (exact) mass is 581 g/mol. The van der Waals surface area contributed by atoms with Gasteiger partial charge in [-0.15, -0.1) is 12.1 Å². The Morgan fingerprint density at radius 1 is 0.767 bits per heavy atom. The number of benzene rings is 2. The van der Waals surface area contributed by atoms with Crippen molar-refractivity contribution in [1.29, 1.82) is 0 Å². The van der Waals surface area contributed by atoms with Gasteiger partial charge >= 0.3 is 21.1 Å². The van der Waals surface area contributed by atoms with Crippen LogP contribution in [0.5, 0.6) is 11.8 Å². The zero-order chi connectivity index (χ0) is 20.4. The van der Waals surface area contributed by atoms with Crippen LogP contribution in [0, 0.1) is 12.1 Å². The molecule has 0 N–H and O–H groups in total. The molecule has 0 amide bonds. The quantitative estimate of drug-likeness (QED) is 0.323. The van der Waals surface area contributed by atoms with E-state index in [9.17, 15) is 0 Å². The number of para-hydroxylation sites is 2. The molecule has 0 aliphatic heterocycles. The molecular weight excluding hydrogens is 559 g/mol. The van der Waals surface area contributed by atoms with Crippen molar-refractivity contribution in [2.45, 2.75) is 19.3 Å². The van der Waals surface area contributed by atoms with Crippen molar-refractivity contribution >= 4 is 0 Å². The van der Waals surface area contributed by atoms with Gasteiger partial charge < -0.3 is 9.47 Å². The Morgan fingerprint density at radius 3 is 1.53 bits per heavy atom. The molecule has 0 atom stereocenters. The molecule has 156 valence electrons. The maximum atomic E-state index is 5.56. The Kier molecular flexibility index (Phi) is 6.47. The van der Waals surface area contributed by atoms with Crippen LogP contribution in [0.3, 0.4) is 0 Å². The first-order valence-corrected chi connectivity index (χ1v) is 9.28. The first-order valence-electron chi connectivity index (χ1n) is 9.28. The van der Waals surface area contributed by atoms with E-state index in [-0.39, 0.29) is 21.1 Å². The van der Waals surface area contributed by atoms with E-state index >= 15 is 0 Å². The molecule has 0 spiro atoms. The summed E-state index contributed by atoms with van der Waals surface area (Å²) >= 11 is 0. The van der Waals surface area contributed by atoms with E-state index in [0.717, 1.165) is 22.8 Å². The first kappa shape index (κ1) is 21.8. The molecular formula is C23H22N4O2Pt. The first-order chi connectivity index (χ1) is 14.0. The number of rotatable bonds is 6. The van der Waals surface area contributed by atoms with Crippen LogP contribution in [0.2, 0.25) is 0 Å². The minimum atomic E-state index is -0.485. The van der Waals surface area contributed by atoms with Crippen molar-refractivity contribution in [3.05, 3.63) is 84.2 Å². The summed E-state index contributed by atoms with van der Waals surface area (Å²) in [6.07, 6.45) is 0. The molecule has 2 heterocycles. The third kappa shape index (κ3) is 3.92. The van der Waals surface area contributed by atoms with Gasteiger partial charge in [-0.3, -0.25) is 0 Å². The molecule has 0 unspecified atom stereocenters. The summed E-state index contributed by atoms with van der Waals surface area (Å²) in [6, 6.07) is 25.5. The zero-order valence-electron chi connectivity index (χ0n) is 17.2. The van der Waals surface area contributed by atoms with Crippen molar-refractivity contribution < 1.29 is 30.5 Å². The number of nitrogens with zero attached hydrogens (tertiary/aromatic N) is 4. The molecule has 0 radical (unpaired) electrons. The maximum absolute atomic E-state index is 5.56. The van der Waals surface area contributed by atoms with Gasteiger partial charge in [0.15, 0.2) is 0 Å². The van der Waals surface area contributed by atoms with Gasteiger partial charge in [-0.05, 0) is 25.2 Å². The van der Waals surface area contributed by atoms with Gasteiger partial charge in [0.05, 0.1) is 31.0 Å². The number of aromatic nitrogens is 4. The summed E-state index contributed by atoms with van der Waals surface area (Å²) in [5, 5.41) is 9.60. The molecule has 2 aromatic carbocycles. The fourth-order valence-corrected chi connectivity index (χ4v) is 3.14. The SMILES string of the molecule is COc1cc(C(C)(C)c2cc(OC)n(-c3[c-]cccc3)n2)nn1-c1[c-]cccc1.[Pt+2]. The molecule has 7 heteroatoms. The molecule has 0 aliphatic rings. The smallest absolute Gasteiger partial charge is 0.481 e. The fourth-order valence-electron chi connectivity index (χ4n) is 3.14. The van der Waals surface area contributed by atoms with E-state index in [4.69, 9.17) is 19.7 Å². The molecule has 2 aromatic heterocycles. The van der Waals surface area contributed by atoms with Gasteiger partial charge in [-0.2, -0.15) is 58.7 Å². The van der Waals surface area contributed by atoms with Crippen molar-refractivity contribution in [3.63, 3.8) is 0 Å². The summed E-state index contributed by atoms with van der Waals surface area (Å²) in [6.45, 7) is 4.16.